The number of aryl methyl sites for hydroxylation is 1. The molecule has 1 aromatic carbocycles. The Morgan fingerprint density at radius 1 is 1.26 bits per heavy atom. The van der Waals surface area contributed by atoms with Crippen molar-refractivity contribution in [3.05, 3.63) is 34.9 Å². The average Bonchev–Trinajstić information content (AvgIpc) is 2.59. The lowest BCUT2D eigenvalue weighted by Gasteiger charge is -2.43. The summed E-state index contributed by atoms with van der Waals surface area (Å²) in [5.74, 6) is 1.15. The Bertz CT molecular complexity index is 659. The Kier molecular flexibility index (Phi) is 4.22. The van der Waals surface area contributed by atoms with Gasteiger partial charge in [0.25, 0.3) is 0 Å². The molecule has 3 heteroatoms. The molecule has 2 unspecified atom stereocenters. The minimum absolute atomic E-state index is 0.0589. The summed E-state index contributed by atoms with van der Waals surface area (Å²) in [6, 6.07) is 6.40. The predicted molar refractivity (Wildman–Crippen MR) is 91.4 cm³/mol. The van der Waals surface area contributed by atoms with Crippen LogP contribution in [0.15, 0.2) is 23.8 Å². The van der Waals surface area contributed by atoms with Crippen molar-refractivity contribution in [2.45, 2.75) is 46.0 Å². The molecule has 0 radical (unpaired) electrons. The highest BCUT2D eigenvalue weighted by Gasteiger charge is 2.47. The molecule has 0 aliphatic heterocycles. The molecule has 0 amide bonds. The van der Waals surface area contributed by atoms with Crippen LogP contribution in [0.5, 0.6) is 5.75 Å². The van der Waals surface area contributed by atoms with Gasteiger partial charge < -0.3 is 9.47 Å². The molecule has 0 aromatic heterocycles. The normalized spacial score (nSPS) is 26.3. The first-order valence-electron chi connectivity index (χ1n) is 8.52. The zero-order valence-electron chi connectivity index (χ0n) is 14.6. The first kappa shape index (κ1) is 16.1. The highest BCUT2D eigenvalue weighted by atomic mass is 16.5. The number of fused-ring (bicyclic) bond motifs is 2. The highest BCUT2D eigenvalue weighted by Crippen LogP contribution is 2.52. The van der Waals surface area contributed by atoms with Gasteiger partial charge in [0.15, 0.2) is 0 Å². The summed E-state index contributed by atoms with van der Waals surface area (Å²) in [5.41, 5.74) is 5.29. The topological polar surface area (TPSA) is 35.5 Å². The van der Waals surface area contributed by atoms with E-state index in [1.807, 2.05) is 6.07 Å². The molecule has 2 aliphatic carbocycles. The van der Waals surface area contributed by atoms with E-state index >= 15 is 0 Å². The van der Waals surface area contributed by atoms with Crippen molar-refractivity contribution in [3.8, 4) is 5.75 Å². The van der Waals surface area contributed by atoms with Gasteiger partial charge in [-0.25, -0.2) is 0 Å². The second-order valence-electron chi connectivity index (χ2n) is 6.90. The molecule has 3 rings (SSSR count). The molecule has 1 aromatic rings. The molecule has 2 atom stereocenters. The van der Waals surface area contributed by atoms with E-state index in [2.05, 4.69) is 26.0 Å². The van der Waals surface area contributed by atoms with E-state index in [-0.39, 0.29) is 17.3 Å². The first-order chi connectivity index (χ1) is 11.0. The number of esters is 1. The van der Waals surface area contributed by atoms with E-state index in [9.17, 15) is 4.79 Å². The van der Waals surface area contributed by atoms with Crippen molar-refractivity contribution in [1.82, 2.24) is 0 Å². The van der Waals surface area contributed by atoms with E-state index in [0.717, 1.165) is 37.9 Å². The summed E-state index contributed by atoms with van der Waals surface area (Å²) in [6.45, 7) is 4.27. The Hall–Kier alpha value is -1.77. The number of ether oxygens (including phenoxy) is 2. The molecule has 2 aliphatic rings. The van der Waals surface area contributed by atoms with E-state index in [4.69, 9.17) is 9.47 Å². The van der Waals surface area contributed by atoms with Gasteiger partial charge in [0.05, 0.1) is 19.6 Å². The van der Waals surface area contributed by atoms with Crippen molar-refractivity contribution in [1.29, 1.82) is 0 Å². The van der Waals surface area contributed by atoms with Crippen LogP contribution in [0.4, 0.5) is 0 Å². The summed E-state index contributed by atoms with van der Waals surface area (Å²) in [7, 11) is 3.22. The minimum Gasteiger partial charge on any atom is -0.497 e. The number of carbonyl (C=O) groups excluding carboxylic acids is 1. The van der Waals surface area contributed by atoms with Crippen LogP contribution in [0.2, 0.25) is 0 Å². The van der Waals surface area contributed by atoms with Crippen LogP contribution >= 0.6 is 0 Å². The maximum atomic E-state index is 12.4. The van der Waals surface area contributed by atoms with Crippen molar-refractivity contribution in [2.75, 3.05) is 14.2 Å². The number of hydrogen-bond donors (Lipinski definition) is 0. The molecule has 0 saturated carbocycles. The van der Waals surface area contributed by atoms with Gasteiger partial charge in [-0.2, -0.15) is 0 Å². The monoisotopic (exact) mass is 314 g/mol. The fraction of sp³-hybridized carbons (Fsp3) is 0.550. The van der Waals surface area contributed by atoms with E-state index in [1.165, 1.54) is 29.4 Å². The second-order valence-corrected chi connectivity index (χ2v) is 6.90. The van der Waals surface area contributed by atoms with Crippen LogP contribution in [-0.4, -0.2) is 20.2 Å². The van der Waals surface area contributed by atoms with Crippen LogP contribution in [0, 0.1) is 11.3 Å². The van der Waals surface area contributed by atoms with Crippen LogP contribution in [0.3, 0.4) is 0 Å². The van der Waals surface area contributed by atoms with Gasteiger partial charge in [0, 0.05) is 0 Å². The Balaban J connectivity index is 2.06. The lowest BCUT2D eigenvalue weighted by atomic mass is 9.60. The van der Waals surface area contributed by atoms with Crippen LogP contribution in [-0.2, 0) is 16.0 Å². The minimum atomic E-state index is -0.383. The summed E-state index contributed by atoms with van der Waals surface area (Å²) in [6.07, 6.45) is 4.87. The van der Waals surface area contributed by atoms with Gasteiger partial charge in [-0.1, -0.05) is 18.6 Å². The molecule has 0 fully saturated rings. The molecular formula is C20H26O3. The van der Waals surface area contributed by atoms with Crippen LogP contribution < -0.4 is 4.74 Å². The third kappa shape index (κ3) is 2.46. The predicted octanol–water partition coefficient (Wildman–Crippen LogP) is 4.39. The molecule has 0 N–H and O–H groups in total. The maximum absolute atomic E-state index is 12.4. The summed E-state index contributed by atoms with van der Waals surface area (Å²) in [4.78, 5) is 12.4. The van der Waals surface area contributed by atoms with Crippen LogP contribution in [0.1, 0.15) is 50.7 Å². The number of carbonyl (C=O) groups is 1. The number of rotatable bonds is 3. The maximum Gasteiger partial charge on any atom is 0.312 e. The highest BCUT2D eigenvalue weighted by molar-refractivity contribution is 5.82. The zero-order chi connectivity index (χ0) is 16.6. The SMILES string of the molecule is CCC1C2=C(CCC1(C)C(=O)OC)c1ccc(OC)cc1CC2. The third-order valence-electron chi connectivity index (χ3n) is 5.83. The fourth-order valence-electron chi connectivity index (χ4n) is 4.59. The largest absolute Gasteiger partial charge is 0.497 e. The smallest absolute Gasteiger partial charge is 0.312 e. The van der Waals surface area contributed by atoms with Crippen molar-refractivity contribution >= 4 is 11.5 Å². The number of benzene rings is 1. The van der Waals surface area contributed by atoms with Gasteiger partial charge in [0.1, 0.15) is 5.75 Å². The first-order valence-corrected chi connectivity index (χ1v) is 8.52. The lowest BCUT2D eigenvalue weighted by molar-refractivity contribution is -0.155. The van der Waals surface area contributed by atoms with Crippen LogP contribution in [0.25, 0.3) is 5.57 Å². The Labute approximate surface area is 138 Å². The van der Waals surface area contributed by atoms with E-state index in [1.54, 1.807) is 7.11 Å². The quantitative estimate of drug-likeness (QED) is 0.776. The van der Waals surface area contributed by atoms with Crippen molar-refractivity contribution in [2.24, 2.45) is 11.3 Å². The van der Waals surface area contributed by atoms with Gasteiger partial charge in [-0.05, 0) is 73.8 Å². The molecule has 3 nitrogen and oxygen atoms in total. The number of hydrogen-bond acceptors (Lipinski definition) is 3. The average molecular weight is 314 g/mol. The fourth-order valence-corrected chi connectivity index (χ4v) is 4.59. The van der Waals surface area contributed by atoms with Gasteiger partial charge in [0.2, 0.25) is 0 Å². The van der Waals surface area contributed by atoms with Gasteiger partial charge >= 0.3 is 5.97 Å². The summed E-state index contributed by atoms with van der Waals surface area (Å²) < 4.78 is 10.5. The summed E-state index contributed by atoms with van der Waals surface area (Å²) >= 11 is 0. The number of methoxy groups -OCH3 is 2. The van der Waals surface area contributed by atoms with Crippen molar-refractivity contribution < 1.29 is 14.3 Å². The molecule has 0 heterocycles. The molecule has 0 bridgehead atoms. The van der Waals surface area contributed by atoms with Gasteiger partial charge in [-0.3, -0.25) is 4.79 Å². The third-order valence-corrected chi connectivity index (χ3v) is 5.83. The molecule has 0 spiro atoms. The molecule has 23 heavy (non-hydrogen) atoms. The summed E-state index contributed by atoms with van der Waals surface area (Å²) in [5, 5.41) is 0. The molecule has 124 valence electrons. The lowest BCUT2D eigenvalue weighted by Crippen LogP contribution is -2.41. The Morgan fingerprint density at radius 2 is 2.04 bits per heavy atom. The van der Waals surface area contributed by atoms with E-state index in [0.29, 0.717) is 0 Å². The Morgan fingerprint density at radius 3 is 2.70 bits per heavy atom. The second kappa shape index (κ2) is 6.03. The van der Waals surface area contributed by atoms with Gasteiger partial charge in [-0.15, -0.1) is 0 Å². The van der Waals surface area contributed by atoms with Crippen molar-refractivity contribution in [3.63, 3.8) is 0 Å². The number of allylic oxidation sites excluding steroid dienone is 2. The van der Waals surface area contributed by atoms with E-state index < -0.39 is 0 Å². The standard InChI is InChI=1S/C20H26O3/c1-5-18-17-8-6-13-12-14(22-3)7-9-15(13)16(17)10-11-20(18,2)19(21)23-4/h7,9,12,18H,5-6,8,10-11H2,1-4H3. The molecular weight excluding hydrogens is 288 g/mol. The zero-order valence-corrected chi connectivity index (χ0v) is 14.6. The molecule has 0 saturated heterocycles.